The lowest BCUT2D eigenvalue weighted by Crippen LogP contribution is -2.36. The zero-order valence-corrected chi connectivity index (χ0v) is 13.9. The highest BCUT2D eigenvalue weighted by molar-refractivity contribution is 5.83. The van der Waals surface area contributed by atoms with Gasteiger partial charge in [0, 0.05) is 30.1 Å². The van der Waals surface area contributed by atoms with Gasteiger partial charge in [-0.15, -0.1) is 0 Å². The second-order valence-corrected chi connectivity index (χ2v) is 6.75. The van der Waals surface area contributed by atoms with Gasteiger partial charge in [-0.1, -0.05) is 25.1 Å². The largest absolute Gasteiger partial charge is 0.361 e. The number of carbonyl (C=O) groups excluding carboxylic acids is 1. The van der Waals surface area contributed by atoms with E-state index in [1.165, 1.54) is 23.8 Å². The predicted molar refractivity (Wildman–Crippen MR) is 94.4 cm³/mol. The molecule has 1 fully saturated rings. The highest BCUT2D eigenvalue weighted by atomic mass is 16.1. The molecule has 3 rings (SSSR count). The van der Waals surface area contributed by atoms with Crippen LogP contribution in [0.1, 0.15) is 31.7 Å². The SMILES string of the molecule is CC(CC(=O)NCCc1c[nH]c2ccccc12)C1CCCNC1. The topological polar surface area (TPSA) is 56.9 Å². The molecule has 23 heavy (non-hydrogen) atoms. The molecule has 0 radical (unpaired) electrons. The Morgan fingerprint density at radius 3 is 3.09 bits per heavy atom. The molecule has 2 atom stereocenters. The van der Waals surface area contributed by atoms with Gasteiger partial charge in [0.2, 0.25) is 5.91 Å². The van der Waals surface area contributed by atoms with Crippen LogP contribution in [-0.2, 0) is 11.2 Å². The van der Waals surface area contributed by atoms with E-state index in [1.807, 2.05) is 12.3 Å². The number of H-pyrrole nitrogens is 1. The van der Waals surface area contributed by atoms with Gasteiger partial charge in [-0.3, -0.25) is 4.79 Å². The van der Waals surface area contributed by atoms with Gasteiger partial charge in [-0.2, -0.15) is 0 Å². The van der Waals surface area contributed by atoms with Gasteiger partial charge in [0.25, 0.3) is 0 Å². The third-order valence-corrected chi connectivity index (χ3v) is 5.04. The molecule has 4 heteroatoms. The first kappa shape index (κ1) is 16.1. The summed E-state index contributed by atoms with van der Waals surface area (Å²) in [5, 5.41) is 7.77. The summed E-state index contributed by atoms with van der Waals surface area (Å²) in [7, 11) is 0. The Bertz CT molecular complexity index is 643. The van der Waals surface area contributed by atoms with Crippen molar-refractivity contribution in [3.8, 4) is 0 Å². The van der Waals surface area contributed by atoms with Gasteiger partial charge in [-0.05, 0) is 55.8 Å². The standard InChI is InChI=1S/C19H27N3O/c1-14(15-5-4-9-20-12-15)11-19(23)21-10-8-16-13-22-18-7-3-2-6-17(16)18/h2-3,6-7,13-15,20,22H,4-5,8-12H2,1H3,(H,21,23). The molecule has 1 aliphatic heterocycles. The van der Waals surface area contributed by atoms with Gasteiger partial charge < -0.3 is 15.6 Å². The highest BCUT2D eigenvalue weighted by Gasteiger charge is 2.21. The van der Waals surface area contributed by atoms with E-state index < -0.39 is 0 Å². The lowest BCUT2D eigenvalue weighted by molar-refractivity contribution is -0.122. The second-order valence-electron chi connectivity index (χ2n) is 6.75. The summed E-state index contributed by atoms with van der Waals surface area (Å²) >= 11 is 0. The first-order valence-corrected chi connectivity index (χ1v) is 8.76. The van der Waals surface area contributed by atoms with Crippen molar-refractivity contribution >= 4 is 16.8 Å². The smallest absolute Gasteiger partial charge is 0.220 e. The Hall–Kier alpha value is -1.81. The van der Waals surface area contributed by atoms with E-state index in [1.54, 1.807) is 0 Å². The Morgan fingerprint density at radius 2 is 2.26 bits per heavy atom. The maximum atomic E-state index is 12.1. The lowest BCUT2D eigenvalue weighted by atomic mass is 9.85. The van der Waals surface area contributed by atoms with Crippen LogP contribution in [0.2, 0.25) is 0 Å². The molecule has 2 aromatic rings. The van der Waals surface area contributed by atoms with Gasteiger partial charge in [0.1, 0.15) is 0 Å². The number of hydrogen-bond acceptors (Lipinski definition) is 2. The Labute approximate surface area is 138 Å². The zero-order valence-electron chi connectivity index (χ0n) is 13.9. The van der Waals surface area contributed by atoms with E-state index in [0.29, 0.717) is 24.8 Å². The van der Waals surface area contributed by atoms with E-state index in [4.69, 9.17) is 0 Å². The van der Waals surface area contributed by atoms with E-state index in [9.17, 15) is 4.79 Å². The summed E-state index contributed by atoms with van der Waals surface area (Å²) in [6.45, 7) is 5.09. The summed E-state index contributed by atoms with van der Waals surface area (Å²) in [5.41, 5.74) is 2.43. The first-order chi connectivity index (χ1) is 11.2. The molecule has 2 unspecified atom stereocenters. The van der Waals surface area contributed by atoms with E-state index in [2.05, 4.69) is 40.7 Å². The number of carbonyl (C=O) groups is 1. The number of nitrogens with one attached hydrogen (secondary N) is 3. The van der Waals surface area contributed by atoms with Crippen LogP contribution in [-0.4, -0.2) is 30.5 Å². The third kappa shape index (κ3) is 4.14. The number of benzene rings is 1. The maximum absolute atomic E-state index is 12.1. The zero-order chi connectivity index (χ0) is 16.1. The average molecular weight is 313 g/mol. The fourth-order valence-electron chi connectivity index (χ4n) is 3.57. The number of piperidine rings is 1. The van der Waals surface area contributed by atoms with Crippen LogP contribution >= 0.6 is 0 Å². The molecular weight excluding hydrogens is 286 g/mol. The fourth-order valence-corrected chi connectivity index (χ4v) is 3.57. The van der Waals surface area contributed by atoms with Crippen molar-refractivity contribution in [2.75, 3.05) is 19.6 Å². The van der Waals surface area contributed by atoms with E-state index in [-0.39, 0.29) is 5.91 Å². The average Bonchev–Trinajstić information content (AvgIpc) is 2.99. The number of hydrogen-bond donors (Lipinski definition) is 3. The Kier molecular flexibility index (Phi) is 5.34. The van der Waals surface area contributed by atoms with E-state index in [0.717, 1.165) is 25.0 Å². The summed E-state index contributed by atoms with van der Waals surface area (Å²) in [5.74, 6) is 1.28. The summed E-state index contributed by atoms with van der Waals surface area (Å²) in [4.78, 5) is 15.4. The van der Waals surface area contributed by atoms with Gasteiger partial charge in [0.15, 0.2) is 0 Å². The minimum atomic E-state index is 0.183. The van der Waals surface area contributed by atoms with Crippen molar-refractivity contribution in [3.63, 3.8) is 0 Å². The summed E-state index contributed by atoms with van der Waals surface area (Å²) in [6.07, 6.45) is 6.04. The van der Waals surface area contributed by atoms with Gasteiger partial charge >= 0.3 is 0 Å². The summed E-state index contributed by atoms with van der Waals surface area (Å²) in [6, 6.07) is 8.29. The molecule has 2 heterocycles. The normalized spacial score (nSPS) is 19.6. The second kappa shape index (κ2) is 7.64. The molecule has 124 valence electrons. The van der Waals surface area contributed by atoms with Gasteiger partial charge in [0.05, 0.1) is 0 Å². The number of aromatic amines is 1. The number of fused-ring (bicyclic) bond motifs is 1. The third-order valence-electron chi connectivity index (χ3n) is 5.04. The fraction of sp³-hybridized carbons (Fsp3) is 0.526. The monoisotopic (exact) mass is 313 g/mol. The van der Waals surface area contributed by atoms with Crippen LogP contribution in [0.3, 0.4) is 0 Å². The molecule has 1 aromatic carbocycles. The predicted octanol–water partition coefficient (Wildman–Crippen LogP) is 2.85. The molecule has 0 bridgehead atoms. The molecular formula is C19H27N3O. The molecule has 0 aliphatic carbocycles. The quantitative estimate of drug-likeness (QED) is 0.768. The van der Waals surface area contributed by atoms with E-state index >= 15 is 0 Å². The number of amides is 1. The highest BCUT2D eigenvalue weighted by Crippen LogP contribution is 2.22. The maximum Gasteiger partial charge on any atom is 0.220 e. The first-order valence-electron chi connectivity index (χ1n) is 8.76. The molecule has 1 amide bonds. The number of aromatic nitrogens is 1. The van der Waals surface area contributed by atoms with Gasteiger partial charge in [-0.25, -0.2) is 0 Å². The molecule has 3 N–H and O–H groups in total. The molecule has 4 nitrogen and oxygen atoms in total. The molecule has 1 aliphatic rings. The van der Waals surface area contributed by atoms with Crippen LogP contribution in [0.5, 0.6) is 0 Å². The molecule has 0 saturated carbocycles. The van der Waals surface area contributed by atoms with Crippen molar-refractivity contribution in [1.82, 2.24) is 15.6 Å². The van der Waals surface area contributed by atoms with Crippen molar-refractivity contribution in [2.45, 2.75) is 32.6 Å². The van der Waals surface area contributed by atoms with Crippen LogP contribution in [0, 0.1) is 11.8 Å². The van der Waals surface area contributed by atoms with Crippen LogP contribution in [0.15, 0.2) is 30.5 Å². The lowest BCUT2D eigenvalue weighted by Gasteiger charge is -2.28. The minimum Gasteiger partial charge on any atom is -0.361 e. The van der Waals surface area contributed by atoms with Crippen LogP contribution in [0.4, 0.5) is 0 Å². The number of rotatable bonds is 6. The van der Waals surface area contributed by atoms with Crippen LogP contribution < -0.4 is 10.6 Å². The molecule has 1 saturated heterocycles. The Morgan fingerprint density at radius 1 is 1.39 bits per heavy atom. The Balaban J connectivity index is 1.44. The van der Waals surface area contributed by atoms with Crippen molar-refractivity contribution in [3.05, 3.63) is 36.0 Å². The van der Waals surface area contributed by atoms with Crippen molar-refractivity contribution < 1.29 is 4.79 Å². The number of para-hydroxylation sites is 1. The molecule has 1 aromatic heterocycles. The molecule has 0 spiro atoms. The van der Waals surface area contributed by atoms with Crippen molar-refractivity contribution in [2.24, 2.45) is 11.8 Å². The van der Waals surface area contributed by atoms with Crippen molar-refractivity contribution in [1.29, 1.82) is 0 Å². The van der Waals surface area contributed by atoms with Crippen LogP contribution in [0.25, 0.3) is 10.9 Å². The minimum absolute atomic E-state index is 0.183. The summed E-state index contributed by atoms with van der Waals surface area (Å²) < 4.78 is 0.